The van der Waals surface area contributed by atoms with Gasteiger partial charge in [0.25, 0.3) is 5.91 Å². The molecule has 0 radical (unpaired) electrons. The van der Waals surface area contributed by atoms with E-state index in [9.17, 15) is 14.7 Å². The van der Waals surface area contributed by atoms with E-state index in [2.05, 4.69) is 34.1 Å². The Morgan fingerprint density at radius 3 is 2.50 bits per heavy atom. The van der Waals surface area contributed by atoms with Crippen LogP contribution in [0.25, 0.3) is 0 Å². The average molecular weight is 493 g/mol. The lowest BCUT2D eigenvalue weighted by Crippen LogP contribution is -2.37. The van der Waals surface area contributed by atoms with Crippen molar-refractivity contribution < 1.29 is 14.7 Å². The number of amides is 1. The van der Waals surface area contributed by atoms with Crippen LogP contribution < -0.4 is 10.3 Å². The summed E-state index contributed by atoms with van der Waals surface area (Å²) in [5.41, 5.74) is 4.79. The van der Waals surface area contributed by atoms with Gasteiger partial charge in [0.1, 0.15) is 12.0 Å². The van der Waals surface area contributed by atoms with Gasteiger partial charge in [-0.2, -0.15) is 5.10 Å². The van der Waals surface area contributed by atoms with E-state index in [4.69, 9.17) is 11.6 Å². The summed E-state index contributed by atoms with van der Waals surface area (Å²) in [5, 5.41) is 18.5. The molecule has 1 aliphatic rings. The monoisotopic (exact) mass is 492 g/mol. The van der Waals surface area contributed by atoms with Gasteiger partial charge in [-0.3, -0.25) is 4.79 Å². The topological polar surface area (TPSA) is 94.9 Å². The van der Waals surface area contributed by atoms with Crippen LogP contribution in [0.3, 0.4) is 0 Å². The third-order valence-corrected chi connectivity index (χ3v) is 6.78. The van der Waals surface area contributed by atoms with Gasteiger partial charge in [0.2, 0.25) is 0 Å². The quantitative estimate of drug-likeness (QED) is 0.452. The van der Waals surface area contributed by atoms with Crippen LogP contribution >= 0.6 is 23.4 Å². The number of carbonyl (C=O) groups is 2. The summed E-state index contributed by atoms with van der Waals surface area (Å²) in [6.45, 7) is 7.84. The fourth-order valence-corrected chi connectivity index (χ4v) is 5.21. The van der Waals surface area contributed by atoms with E-state index in [0.29, 0.717) is 21.6 Å². The Balaban J connectivity index is 1.75. The second-order valence-electron chi connectivity index (χ2n) is 7.75. The number of aryl methyl sites for hydroxylation is 2. The Hall–Kier alpha value is -3.62. The van der Waals surface area contributed by atoms with Crippen molar-refractivity contribution in [3.8, 4) is 0 Å². The van der Waals surface area contributed by atoms with Crippen LogP contribution in [0, 0.1) is 13.8 Å². The van der Waals surface area contributed by atoms with Crippen molar-refractivity contribution in [1.29, 1.82) is 0 Å². The minimum atomic E-state index is -1.02. The lowest BCUT2D eigenvalue weighted by Gasteiger charge is -2.27. The van der Waals surface area contributed by atoms with Crippen molar-refractivity contribution in [2.24, 2.45) is 5.10 Å². The molecule has 172 valence electrons. The van der Waals surface area contributed by atoms with E-state index in [-0.39, 0.29) is 16.7 Å². The number of aromatic nitrogens is 1. The predicted molar refractivity (Wildman–Crippen MR) is 135 cm³/mol. The summed E-state index contributed by atoms with van der Waals surface area (Å²) in [4.78, 5) is 27.1. The number of halogens is 1. The lowest BCUT2D eigenvalue weighted by molar-refractivity contribution is -0.114. The number of carboxylic acids is 1. The largest absolute Gasteiger partial charge is 0.478 e. The summed E-state index contributed by atoms with van der Waals surface area (Å²) in [5.74, 6) is -1.02. The number of nitrogens with zero attached hydrogens (tertiary/aromatic N) is 3. The van der Waals surface area contributed by atoms with Crippen LogP contribution in [0.2, 0.25) is 5.02 Å². The van der Waals surface area contributed by atoms with Gasteiger partial charge in [-0.05, 0) is 54.8 Å². The molecule has 1 aromatic heterocycles. The Kier molecular flexibility index (Phi) is 6.72. The standard InChI is InChI=1S/C25H21ClN4O3S/c1-14-4-6-17(7-5-14)24(34-22-9-8-18(12-27-22)25(32)33)23-15(2)10-19(11-20(23)26)30-16(3)29-21(31)13-28-30/h4-13,24H,3H2,1-2H3,(H,29,31)(H,32,33). The molecule has 4 rings (SSSR count). The molecule has 9 heteroatoms. The molecule has 3 aromatic rings. The van der Waals surface area contributed by atoms with Gasteiger partial charge in [-0.15, -0.1) is 0 Å². The van der Waals surface area contributed by atoms with Gasteiger partial charge in [0, 0.05) is 11.2 Å². The first kappa shape index (κ1) is 23.5. The maximum atomic E-state index is 11.5. The molecule has 0 saturated heterocycles. The number of aromatic carboxylic acids is 1. The van der Waals surface area contributed by atoms with Crippen molar-refractivity contribution in [2.75, 3.05) is 5.01 Å². The maximum absolute atomic E-state index is 11.5. The first-order chi connectivity index (χ1) is 16.2. The molecule has 1 amide bonds. The predicted octanol–water partition coefficient (Wildman–Crippen LogP) is 5.32. The van der Waals surface area contributed by atoms with Gasteiger partial charge in [0.15, 0.2) is 0 Å². The molecule has 2 heterocycles. The number of carboxylic acid groups (broad SMARTS) is 1. The van der Waals surface area contributed by atoms with Crippen LogP contribution in [0.4, 0.5) is 5.69 Å². The summed E-state index contributed by atoms with van der Waals surface area (Å²) in [6.07, 6.45) is 2.53. The number of hydrogen-bond acceptors (Lipinski definition) is 6. The summed E-state index contributed by atoms with van der Waals surface area (Å²) < 4.78 is 0. The molecule has 1 atom stereocenters. The van der Waals surface area contributed by atoms with Gasteiger partial charge >= 0.3 is 5.97 Å². The highest BCUT2D eigenvalue weighted by molar-refractivity contribution is 7.99. The number of nitrogens with one attached hydrogen (secondary N) is 1. The number of hydrazone groups is 1. The Morgan fingerprint density at radius 1 is 1.18 bits per heavy atom. The number of anilines is 1. The fourth-order valence-electron chi connectivity index (χ4n) is 3.55. The lowest BCUT2D eigenvalue weighted by atomic mass is 9.98. The smallest absolute Gasteiger partial charge is 0.337 e. The minimum absolute atomic E-state index is 0.129. The Labute approximate surface area is 206 Å². The molecule has 2 N–H and O–H groups in total. The number of pyridine rings is 1. The number of thioether (sulfide) groups is 1. The molecule has 34 heavy (non-hydrogen) atoms. The van der Waals surface area contributed by atoms with Gasteiger partial charge in [-0.1, -0.05) is 59.8 Å². The van der Waals surface area contributed by atoms with Crippen LogP contribution in [-0.4, -0.2) is 28.2 Å². The highest BCUT2D eigenvalue weighted by Gasteiger charge is 2.24. The number of carbonyl (C=O) groups excluding carboxylic acids is 1. The molecule has 2 aromatic carbocycles. The first-order valence-electron chi connectivity index (χ1n) is 10.3. The molecule has 0 saturated carbocycles. The van der Waals surface area contributed by atoms with E-state index < -0.39 is 5.97 Å². The van der Waals surface area contributed by atoms with Gasteiger partial charge in [-0.25, -0.2) is 14.8 Å². The summed E-state index contributed by atoms with van der Waals surface area (Å²) in [6, 6.07) is 15.1. The molecule has 0 spiro atoms. The van der Waals surface area contributed by atoms with Crippen molar-refractivity contribution in [3.05, 3.63) is 100.0 Å². The zero-order valence-corrected chi connectivity index (χ0v) is 20.0. The third kappa shape index (κ3) is 4.98. The van der Waals surface area contributed by atoms with Crippen molar-refractivity contribution in [1.82, 2.24) is 10.3 Å². The molecular weight excluding hydrogens is 472 g/mol. The third-order valence-electron chi connectivity index (χ3n) is 5.24. The Morgan fingerprint density at radius 2 is 1.91 bits per heavy atom. The summed E-state index contributed by atoms with van der Waals surface area (Å²) >= 11 is 8.32. The van der Waals surface area contributed by atoms with E-state index in [1.54, 1.807) is 12.1 Å². The van der Waals surface area contributed by atoms with Crippen LogP contribution in [0.15, 0.2) is 77.3 Å². The van der Waals surface area contributed by atoms with Gasteiger partial charge in [0.05, 0.1) is 21.5 Å². The zero-order chi connectivity index (χ0) is 24.4. The second-order valence-corrected chi connectivity index (χ2v) is 9.28. The highest BCUT2D eigenvalue weighted by Crippen LogP contribution is 2.45. The average Bonchev–Trinajstić information content (AvgIpc) is 2.79. The van der Waals surface area contributed by atoms with Crippen LogP contribution in [0.1, 0.15) is 37.9 Å². The SMILES string of the molecule is C=C1NC(=O)C=NN1c1cc(C)c(C(Sc2ccc(C(=O)O)cn2)c2ccc(C)cc2)c(Cl)c1. The molecule has 0 fully saturated rings. The zero-order valence-electron chi connectivity index (χ0n) is 18.4. The fraction of sp³-hybridized carbons (Fsp3) is 0.120. The van der Waals surface area contributed by atoms with Crippen LogP contribution in [0.5, 0.6) is 0 Å². The highest BCUT2D eigenvalue weighted by atomic mass is 35.5. The molecule has 7 nitrogen and oxygen atoms in total. The maximum Gasteiger partial charge on any atom is 0.337 e. The number of benzene rings is 2. The second kappa shape index (κ2) is 9.70. The number of rotatable bonds is 6. The minimum Gasteiger partial charge on any atom is -0.478 e. The van der Waals surface area contributed by atoms with Crippen LogP contribution in [-0.2, 0) is 4.79 Å². The number of hydrogen-bond donors (Lipinski definition) is 2. The normalized spacial score (nSPS) is 14.1. The van der Waals surface area contributed by atoms with Crippen molar-refractivity contribution in [2.45, 2.75) is 24.1 Å². The first-order valence-corrected chi connectivity index (χ1v) is 11.6. The molecule has 1 aliphatic heterocycles. The van der Waals surface area contributed by atoms with Crippen molar-refractivity contribution >= 4 is 47.1 Å². The van der Waals surface area contributed by atoms with E-state index in [1.807, 2.05) is 32.0 Å². The Bertz CT molecular complexity index is 1280. The van der Waals surface area contributed by atoms with Crippen molar-refractivity contribution in [3.63, 3.8) is 0 Å². The molecular formula is C25H21ClN4O3S. The van der Waals surface area contributed by atoms with E-state index in [1.165, 1.54) is 35.2 Å². The molecule has 1 unspecified atom stereocenters. The van der Waals surface area contributed by atoms with Gasteiger partial charge < -0.3 is 10.4 Å². The molecule has 0 bridgehead atoms. The molecule has 0 aliphatic carbocycles. The van der Waals surface area contributed by atoms with E-state index in [0.717, 1.165) is 22.3 Å². The summed E-state index contributed by atoms with van der Waals surface area (Å²) in [7, 11) is 0. The van der Waals surface area contributed by atoms with E-state index >= 15 is 0 Å².